The number of hydrogen-bond donors (Lipinski definition) is 0. The lowest BCUT2D eigenvalue weighted by Crippen LogP contribution is -1.95. The highest BCUT2D eigenvalue weighted by molar-refractivity contribution is 5.83. The minimum atomic E-state index is 0.564. The smallest absolute Gasteiger partial charge is 0.144 e. The lowest BCUT2D eigenvalue weighted by atomic mass is 10.2. The van der Waals surface area contributed by atoms with Gasteiger partial charge in [-0.15, -0.1) is 0 Å². The Bertz CT molecular complexity index is 840. The molecule has 0 fully saturated rings. The van der Waals surface area contributed by atoms with E-state index >= 15 is 0 Å². The number of aryl methyl sites for hydroxylation is 1. The van der Waals surface area contributed by atoms with Crippen LogP contribution in [0.3, 0.4) is 0 Å². The van der Waals surface area contributed by atoms with Crippen LogP contribution in [0.25, 0.3) is 0 Å². The fourth-order valence-corrected chi connectivity index (χ4v) is 2.44. The summed E-state index contributed by atoms with van der Waals surface area (Å²) in [6, 6.07) is 24.0. The molecule has 0 saturated carbocycles. The van der Waals surface area contributed by atoms with Crippen LogP contribution in [-0.2, 0) is 6.61 Å². The van der Waals surface area contributed by atoms with Crippen LogP contribution < -0.4 is 9.47 Å². The summed E-state index contributed by atoms with van der Waals surface area (Å²) >= 11 is 0. The van der Waals surface area contributed by atoms with Gasteiger partial charge in [0.05, 0.1) is 7.11 Å². The standard InChI is InChI=1S/C22H21NO2/c1-17-8-13-22(24-2)21(14-17)23-15-18-9-11-20(12-10-18)25-16-19-6-4-3-5-7-19/h3-15H,16H2,1-2H3. The Morgan fingerprint density at radius 1 is 0.920 bits per heavy atom. The summed E-state index contributed by atoms with van der Waals surface area (Å²) in [5.41, 5.74) is 4.14. The van der Waals surface area contributed by atoms with Crippen LogP contribution in [0.2, 0.25) is 0 Å². The molecular weight excluding hydrogens is 310 g/mol. The molecule has 3 aromatic carbocycles. The molecule has 126 valence electrons. The van der Waals surface area contributed by atoms with E-state index in [4.69, 9.17) is 9.47 Å². The molecule has 0 amide bonds. The molecule has 3 aromatic rings. The molecular formula is C22H21NO2. The molecule has 0 unspecified atom stereocenters. The molecule has 0 aliphatic rings. The van der Waals surface area contributed by atoms with Crippen LogP contribution in [0.1, 0.15) is 16.7 Å². The zero-order valence-electron chi connectivity index (χ0n) is 14.5. The first kappa shape index (κ1) is 16.8. The van der Waals surface area contributed by atoms with E-state index < -0.39 is 0 Å². The number of rotatable bonds is 6. The predicted octanol–water partition coefficient (Wildman–Crippen LogP) is 5.33. The summed E-state index contributed by atoms with van der Waals surface area (Å²) in [7, 11) is 1.66. The quantitative estimate of drug-likeness (QED) is 0.571. The Morgan fingerprint density at radius 2 is 1.68 bits per heavy atom. The molecule has 0 aromatic heterocycles. The Morgan fingerprint density at radius 3 is 2.40 bits per heavy atom. The second kappa shape index (κ2) is 8.15. The van der Waals surface area contributed by atoms with Gasteiger partial charge in [0, 0.05) is 6.21 Å². The van der Waals surface area contributed by atoms with Crippen molar-refractivity contribution < 1.29 is 9.47 Å². The van der Waals surface area contributed by atoms with Gasteiger partial charge in [0.15, 0.2) is 0 Å². The Hall–Kier alpha value is -3.07. The second-order valence-corrected chi connectivity index (χ2v) is 5.78. The summed E-state index contributed by atoms with van der Waals surface area (Å²) in [5.74, 6) is 1.61. The first-order valence-electron chi connectivity index (χ1n) is 8.20. The van der Waals surface area contributed by atoms with Crippen molar-refractivity contribution in [3.8, 4) is 11.5 Å². The highest BCUT2D eigenvalue weighted by atomic mass is 16.5. The highest BCUT2D eigenvalue weighted by Crippen LogP contribution is 2.28. The lowest BCUT2D eigenvalue weighted by molar-refractivity contribution is 0.306. The highest BCUT2D eigenvalue weighted by Gasteiger charge is 2.01. The van der Waals surface area contributed by atoms with Gasteiger partial charge < -0.3 is 9.47 Å². The molecule has 0 spiro atoms. The minimum absolute atomic E-state index is 0.564. The van der Waals surface area contributed by atoms with Gasteiger partial charge in [-0.3, -0.25) is 4.99 Å². The van der Waals surface area contributed by atoms with Crippen LogP contribution in [0.4, 0.5) is 5.69 Å². The first-order chi connectivity index (χ1) is 12.2. The van der Waals surface area contributed by atoms with Crippen LogP contribution in [0.5, 0.6) is 11.5 Å². The summed E-state index contributed by atoms with van der Waals surface area (Å²) in [6.07, 6.45) is 1.83. The van der Waals surface area contributed by atoms with E-state index in [1.807, 2.05) is 73.8 Å². The third kappa shape index (κ3) is 4.70. The SMILES string of the molecule is COc1ccc(C)cc1N=Cc1ccc(OCc2ccccc2)cc1. The topological polar surface area (TPSA) is 30.8 Å². The molecule has 0 saturated heterocycles. The van der Waals surface area contributed by atoms with Crippen LogP contribution >= 0.6 is 0 Å². The summed E-state index contributed by atoms with van der Waals surface area (Å²) in [6.45, 7) is 2.60. The Kier molecular flexibility index (Phi) is 5.47. The molecule has 0 bridgehead atoms. The van der Waals surface area contributed by atoms with Crippen LogP contribution in [-0.4, -0.2) is 13.3 Å². The second-order valence-electron chi connectivity index (χ2n) is 5.78. The van der Waals surface area contributed by atoms with Gasteiger partial charge in [0.2, 0.25) is 0 Å². The molecule has 0 N–H and O–H groups in total. The van der Waals surface area contributed by atoms with Crippen molar-refractivity contribution in [2.75, 3.05) is 7.11 Å². The number of methoxy groups -OCH3 is 1. The van der Waals surface area contributed by atoms with Crippen LogP contribution in [0.15, 0.2) is 77.8 Å². The molecule has 0 heterocycles. The van der Waals surface area contributed by atoms with E-state index in [1.165, 1.54) is 0 Å². The molecule has 0 aliphatic heterocycles. The van der Waals surface area contributed by atoms with Crippen LogP contribution in [0, 0.1) is 6.92 Å². The summed E-state index contributed by atoms with van der Waals surface area (Å²) < 4.78 is 11.1. The van der Waals surface area contributed by atoms with Crippen molar-refractivity contribution >= 4 is 11.9 Å². The van der Waals surface area contributed by atoms with Gasteiger partial charge in [-0.2, -0.15) is 0 Å². The Labute approximate surface area is 148 Å². The van der Waals surface area contributed by atoms with Crippen molar-refractivity contribution in [2.45, 2.75) is 13.5 Å². The van der Waals surface area contributed by atoms with Crippen molar-refractivity contribution in [3.05, 3.63) is 89.5 Å². The van der Waals surface area contributed by atoms with E-state index in [-0.39, 0.29) is 0 Å². The largest absolute Gasteiger partial charge is 0.494 e. The number of aliphatic imine (C=N–C) groups is 1. The average Bonchev–Trinajstić information content (AvgIpc) is 2.66. The third-order valence-corrected chi connectivity index (χ3v) is 3.82. The van der Waals surface area contributed by atoms with E-state index in [1.54, 1.807) is 7.11 Å². The third-order valence-electron chi connectivity index (χ3n) is 3.82. The Balaban J connectivity index is 1.65. The monoisotopic (exact) mass is 331 g/mol. The maximum Gasteiger partial charge on any atom is 0.144 e. The fourth-order valence-electron chi connectivity index (χ4n) is 2.44. The van der Waals surface area contributed by atoms with Gasteiger partial charge in [-0.05, 0) is 60.0 Å². The fraction of sp³-hybridized carbons (Fsp3) is 0.136. The summed E-state index contributed by atoms with van der Waals surface area (Å²) in [5, 5.41) is 0. The van der Waals surface area contributed by atoms with E-state index in [2.05, 4.69) is 17.1 Å². The van der Waals surface area contributed by atoms with Crippen molar-refractivity contribution in [1.29, 1.82) is 0 Å². The van der Waals surface area contributed by atoms with E-state index in [0.29, 0.717) is 6.61 Å². The lowest BCUT2D eigenvalue weighted by Gasteiger charge is -2.07. The van der Waals surface area contributed by atoms with Gasteiger partial charge in [0.25, 0.3) is 0 Å². The molecule has 0 radical (unpaired) electrons. The number of ether oxygens (including phenoxy) is 2. The van der Waals surface area contributed by atoms with Crippen molar-refractivity contribution in [3.63, 3.8) is 0 Å². The zero-order chi connectivity index (χ0) is 17.5. The number of hydrogen-bond acceptors (Lipinski definition) is 3. The molecule has 25 heavy (non-hydrogen) atoms. The molecule has 3 nitrogen and oxygen atoms in total. The van der Waals surface area contributed by atoms with Crippen molar-refractivity contribution in [2.24, 2.45) is 4.99 Å². The predicted molar refractivity (Wildman–Crippen MR) is 102 cm³/mol. The molecule has 3 heteroatoms. The zero-order valence-corrected chi connectivity index (χ0v) is 14.5. The molecule has 0 aliphatic carbocycles. The molecule has 3 rings (SSSR count). The number of benzene rings is 3. The molecule has 0 atom stereocenters. The minimum Gasteiger partial charge on any atom is -0.494 e. The normalized spacial score (nSPS) is 10.8. The van der Waals surface area contributed by atoms with E-state index in [0.717, 1.165) is 33.9 Å². The van der Waals surface area contributed by atoms with Gasteiger partial charge in [0.1, 0.15) is 23.8 Å². The number of nitrogens with zero attached hydrogens (tertiary/aromatic N) is 1. The average molecular weight is 331 g/mol. The van der Waals surface area contributed by atoms with E-state index in [9.17, 15) is 0 Å². The van der Waals surface area contributed by atoms with Gasteiger partial charge in [-0.25, -0.2) is 0 Å². The van der Waals surface area contributed by atoms with Gasteiger partial charge >= 0.3 is 0 Å². The van der Waals surface area contributed by atoms with Gasteiger partial charge in [-0.1, -0.05) is 36.4 Å². The maximum atomic E-state index is 5.80. The first-order valence-corrected chi connectivity index (χ1v) is 8.20. The van der Waals surface area contributed by atoms with Crippen molar-refractivity contribution in [1.82, 2.24) is 0 Å². The summed E-state index contributed by atoms with van der Waals surface area (Å²) in [4.78, 5) is 4.54. The maximum absolute atomic E-state index is 5.80.